The van der Waals surface area contributed by atoms with Gasteiger partial charge < -0.3 is 10.6 Å². The molecule has 0 radical (unpaired) electrons. The normalized spacial score (nSPS) is 14.8. The van der Waals surface area contributed by atoms with E-state index in [1.807, 2.05) is 41.9 Å². The maximum atomic E-state index is 12.4. The number of halogens is 1. The number of fused-ring (bicyclic) bond motifs is 1. The topological polar surface area (TPSA) is 59.0 Å². The number of nitrogens with one attached hydrogen (secondary N) is 2. The van der Waals surface area contributed by atoms with Crippen molar-refractivity contribution in [1.82, 2.24) is 20.4 Å². The lowest BCUT2D eigenvalue weighted by Crippen LogP contribution is -2.48. The highest BCUT2D eigenvalue weighted by Crippen LogP contribution is 2.31. The van der Waals surface area contributed by atoms with Gasteiger partial charge in [0.05, 0.1) is 16.3 Å². The molecule has 1 amide bonds. The van der Waals surface area contributed by atoms with Crippen molar-refractivity contribution in [3.63, 3.8) is 0 Å². The Bertz CT molecular complexity index is 913. The van der Waals surface area contributed by atoms with Gasteiger partial charge in [-0.05, 0) is 31.2 Å². The number of aryl methyl sites for hydroxylation is 1. The minimum absolute atomic E-state index is 0.0138. The molecular weight excluding hydrogens is 344 g/mol. The third-order valence-corrected chi connectivity index (χ3v) is 5.58. The first kappa shape index (κ1) is 15.6. The molecule has 124 valence electrons. The molecule has 1 saturated heterocycles. The summed E-state index contributed by atoms with van der Waals surface area (Å²) in [5, 5.41) is 12.5. The van der Waals surface area contributed by atoms with Crippen LogP contribution in [-0.2, 0) is 0 Å². The summed E-state index contributed by atoms with van der Waals surface area (Å²) in [6, 6.07) is 9.49. The van der Waals surface area contributed by atoms with Crippen molar-refractivity contribution < 1.29 is 4.79 Å². The average molecular weight is 361 g/mol. The van der Waals surface area contributed by atoms with E-state index in [0.717, 1.165) is 41.2 Å². The fourth-order valence-corrected chi connectivity index (χ4v) is 4.04. The van der Waals surface area contributed by atoms with Gasteiger partial charge in [0, 0.05) is 36.0 Å². The van der Waals surface area contributed by atoms with Crippen LogP contribution >= 0.6 is 22.9 Å². The van der Waals surface area contributed by atoms with E-state index in [0.29, 0.717) is 15.8 Å². The first-order chi connectivity index (χ1) is 11.6. The lowest BCUT2D eigenvalue weighted by Gasteiger charge is -2.26. The summed E-state index contributed by atoms with van der Waals surface area (Å²) in [5.41, 5.74) is 1.80. The number of carbonyl (C=O) groups is 1. The predicted octanol–water partition coefficient (Wildman–Crippen LogP) is 3.00. The van der Waals surface area contributed by atoms with Crippen LogP contribution in [0.4, 0.5) is 0 Å². The molecular formula is C17H17ClN4OS. The zero-order valence-electron chi connectivity index (χ0n) is 13.2. The highest BCUT2D eigenvalue weighted by Gasteiger charge is 2.20. The fraction of sp³-hybridized carbons (Fsp3) is 0.294. The van der Waals surface area contributed by atoms with Crippen molar-refractivity contribution in [2.24, 2.45) is 5.92 Å². The molecule has 3 heterocycles. The van der Waals surface area contributed by atoms with E-state index >= 15 is 0 Å². The summed E-state index contributed by atoms with van der Waals surface area (Å²) in [4.78, 5) is 14.1. The smallest absolute Gasteiger partial charge is 0.261 e. The van der Waals surface area contributed by atoms with Gasteiger partial charge >= 0.3 is 0 Å². The molecule has 3 aromatic rings. The third-order valence-electron chi connectivity index (χ3n) is 4.24. The van der Waals surface area contributed by atoms with Gasteiger partial charge in [-0.3, -0.25) is 4.79 Å². The molecule has 2 aromatic heterocycles. The lowest BCUT2D eigenvalue weighted by molar-refractivity contribution is 0.0946. The summed E-state index contributed by atoms with van der Waals surface area (Å²) < 4.78 is 1.86. The first-order valence-corrected chi connectivity index (χ1v) is 9.05. The molecule has 2 N–H and O–H groups in total. The highest BCUT2D eigenvalue weighted by molar-refractivity contribution is 7.20. The number of amides is 1. The molecule has 24 heavy (non-hydrogen) atoms. The second kappa shape index (κ2) is 6.20. The van der Waals surface area contributed by atoms with Gasteiger partial charge in [-0.15, -0.1) is 11.3 Å². The highest BCUT2D eigenvalue weighted by atomic mass is 35.5. The van der Waals surface area contributed by atoms with Crippen molar-refractivity contribution >= 4 is 39.1 Å². The summed E-state index contributed by atoms with van der Waals surface area (Å²) in [6.07, 6.45) is 0. The Hall–Kier alpha value is -1.89. The SMILES string of the molecule is Cc1nn(-c2cccc(Cl)c2)c2sc(C(=O)NCC3CNC3)cc12. The van der Waals surface area contributed by atoms with E-state index in [2.05, 4.69) is 15.7 Å². The van der Waals surface area contributed by atoms with Crippen molar-refractivity contribution in [3.8, 4) is 5.69 Å². The molecule has 0 bridgehead atoms. The van der Waals surface area contributed by atoms with Gasteiger partial charge in [0.2, 0.25) is 0 Å². The number of nitrogens with zero attached hydrogens (tertiary/aromatic N) is 2. The van der Waals surface area contributed by atoms with E-state index in [4.69, 9.17) is 11.6 Å². The molecule has 0 atom stereocenters. The molecule has 1 fully saturated rings. The van der Waals surface area contributed by atoms with Crippen LogP contribution in [-0.4, -0.2) is 35.3 Å². The van der Waals surface area contributed by atoms with Crippen LogP contribution in [0.2, 0.25) is 5.02 Å². The van der Waals surface area contributed by atoms with Crippen LogP contribution in [0.1, 0.15) is 15.4 Å². The Morgan fingerprint density at radius 1 is 1.46 bits per heavy atom. The van der Waals surface area contributed by atoms with Crippen molar-refractivity contribution in [1.29, 1.82) is 0 Å². The van der Waals surface area contributed by atoms with Gasteiger partial charge in [0.15, 0.2) is 0 Å². The monoisotopic (exact) mass is 360 g/mol. The molecule has 1 aromatic carbocycles. The molecule has 5 nitrogen and oxygen atoms in total. The van der Waals surface area contributed by atoms with Gasteiger partial charge in [0.25, 0.3) is 5.91 Å². The van der Waals surface area contributed by atoms with Crippen LogP contribution in [0.3, 0.4) is 0 Å². The number of carbonyl (C=O) groups excluding carboxylic acids is 1. The molecule has 7 heteroatoms. The molecule has 1 aliphatic heterocycles. The standard InChI is InChI=1S/C17H17ClN4OS/c1-10-14-6-15(16(23)20-9-11-7-19-8-11)24-17(14)22(21-10)13-4-2-3-12(18)5-13/h2-6,11,19H,7-9H2,1H3,(H,20,23). The van der Waals surface area contributed by atoms with Gasteiger partial charge in [-0.1, -0.05) is 17.7 Å². The number of rotatable bonds is 4. The predicted molar refractivity (Wildman–Crippen MR) is 97.4 cm³/mol. The summed E-state index contributed by atoms with van der Waals surface area (Å²) in [7, 11) is 0. The molecule has 0 unspecified atom stereocenters. The van der Waals surface area contributed by atoms with Crippen LogP contribution < -0.4 is 10.6 Å². The minimum atomic E-state index is -0.0138. The zero-order chi connectivity index (χ0) is 16.7. The third kappa shape index (κ3) is 2.81. The quantitative estimate of drug-likeness (QED) is 0.752. The second-order valence-corrected chi connectivity index (χ2v) is 7.51. The molecule has 0 saturated carbocycles. The van der Waals surface area contributed by atoms with E-state index in [9.17, 15) is 4.79 Å². The largest absolute Gasteiger partial charge is 0.351 e. The van der Waals surface area contributed by atoms with Gasteiger partial charge in [-0.25, -0.2) is 4.68 Å². The number of thiophene rings is 1. The van der Waals surface area contributed by atoms with Crippen LogP contribution in [0.25, 0.3) is 15.9 Å². The molecule has 1 aliphatic rings. The number of benzene rings is 1. The van der Waals surface area contributed by atoms with E-state index in [1.165, 1.54) is 11.3 Å². The Morgan fingerprint density at radius 2 is 2.29 bits per heavy atom. The Labute approximate surface area is 148 Å². The summed E-state index contributed by atoms with van der Waals surface area (Å²) in [6.45, 7) is 4.64. The zero-order valence-corrected chi connectivity index (χ0v) is 14.7. The molecule has 0 aliphatic carbocycles. The van der Waals surface area contributed by atoms with Gasteiger partial charge in [-0.2, -0.15) is 5.10 Å². The Morgan fingerprint density at radius 3 is 3.00 bits per heavy atom. The van der Waals surface area contributed by atoms with E-state index < -0.39 is 0 Å². The maximum Gasteiger partial charge on any atom is 0.261 e. The summed E-state index contributed by atoms with van der Waals surface area (Å²) >= 11 is 7.55. The van der Waals surface area contributed by atoms with Crippen molar-refractivity contribution in [2.45, 2.75) is 6.92 Å². The average Bonchev–Trinajstić information content (AvgIpc) is 3.07. The molecule has 0 spiro atoms. The van der Waals surface area contributed by atoms with Crippen LogP contribution in [0, 0.1) is 12.8 Å². The second-order valence-electron chi connectivity index (χ2n) is 6.04. The summed E-state index contributed by atoms with van der Waals surface area (Å²) in [5.74, 6) is 0.534. The fourth-order valence-electron chi connectivity index (χ4n) is 2.76. The van der Waals surface area contributed by atoms with Crippen LogP contribution in [0.5, 0.6) is 0 Å². The van der Waals surface area contributed by atoms with Gasteiger partial charge in [0.1, 0.15) is 4.83 Å². The minimum Gasteiger partial charge on any atom is -0.351 e. The first-order valence-electron chi connectivity index (χ1n) is 7.86. The maximum absolute atomic E-state index is 12.4. The number of aromatic nitrogens is 2. The van der Waals surface area contributed by atoms with Crippen molar-refractivity contribution in [3.05, 3.63) is 45.9 Å². The Balaban J connectivity index is 1.65. The number of hydrogen-bond donors (Lipinski definition) is 2. The van der Waals surface area contributed by atoms with Crippen molar-refractivity contribution in [2.75, 3.05) is 19.6 Å². The van der Waals surface area contributed by atoms with E-state index in [-0.39, 0.29) is 5.91 Å². The van der Waals surface area contributed by atoms with Crippen LogP contribution in [0.15, 0.2) is 30.3 Å². The number of hydrogen-bond acceptors (Lipinski definition) is 4. The Kier molecular flexibility index (Phi) is 4.04. The van der Waals surface area contributed by atoms with E-state index in [1.54, 1.807) is 0 Å². The lowest BCUT2D eigenvalue weighted by atomic mass is 10.0. The molecule has 4 rings (SSSR count).